The fourth-order valence-corrected chi connectivity index (χ4v) is 11.5. The van der Waals surface area contributed by atoms with Crippen molar-refractivity contribution in [2.24, 2.45) is 0 Å². The van der Waals surface area contributed by atoms with E-state index in [0.29, 0.717) is 19.4 Å². The van der Waals surface area contributed by atoms with E-state index in [2.05, 4.69) is 31.3 Å². The number of aliphatic hydroxyl groups is 2. The summed E-state index contributed by atoms with van der Waals surface area (Å²) in [6.07, 6.45) is 87.1. The minimum Gasteiger partial charge on any atom is -0.466 e. The van der Waals surface area contributed by atoms with E-state index < -0.39 is 12.1 Å². The van der Waals surface area contributed by atoms with Crippen LogP contribution in [-0.2, 0) is 14.3 Å². The van der Waals surface area contributed by atoms with E-state index in [0.717, 1.165) is 38.5 Å². The summed E-state index contributed by atoms with van der Waals surface area (Å²) in [6.45, 7) is 4.93. The molecule has 0 aliphatic carbocycles. The molecule has 0 aromatic heterocycles. The van der Waals surface area contributed by atoms with E-state index in [4.69, 9.17) is 4.74 Å². The van der Waals surface area contributed by atoms with Crippen molar-refractivity contribution < 1.29 is 24.5 Å². The number of aliphatic hydroxyl groups excluding tert-OH is 2. The highest BCUT2D eigenvalue weighted by atomic mass is 16.5. The smallest absolute Gasteiger partial charge is 0.305 e. The lowest BCUT2D eigenvalue weighted by Gasteiger charge is -2.20. The van der Waals surface area contributed by atoms with E-state index in [1.165, 1.54) is 340 Å². The molecule has 0 spiro atoms. The number of hydrogen-bond acceptors (Lipinski definition) is 5. The van der Waals surface area contributed by atoms with Crippen LogP contribution in [0.5, 0.6) is 0 Å². The first kappa shape index (κ1) is 77.3. The van der Waals surface area contributed by atoms with Gasteiger partial charge in [-0.25, -0.2) is 0 Å². The Morgan fingerprint density at radius 1 is 0.342 bits per heavy atom. The molecule has 2 atom stereocenters. The molecule has 3 N–H and O–H groups in total. The van der Waals surface area contributed by atoms with Gasteiger partial charge in [-0.15, -0.1) is 0 Å². The van der Waals surface area contributed by atoms with Crippen molar-refractivity contribution in [3.05, 3.63) is 24.3 Å². The maximum atomic E-state index is 12.5. The van der Waals surface area contributed by atoms with Gasteiger partial charge in [-0.2, -0.15) is 0 Å². The van der Waals surface area contributed by atoms with E-state index >= 15 is 0 Å². The van der Waals surface area contributed by atoms with Gasteiger partial charge in [0, 0.05) is 12.8 Å². The second-order valence-electron chi connectivity index (χ2n) is 24.9. The third-order valence-corrected chi connectivity index (χ3v) is 17.0. The quantitative estimate of drug-likeness (QED) is 0.0320. The van der Waals surface area contributed by atoms with Gasteiger partial charge in [-0.3, -0.25) is 9.59 Å². The largest absolute Gasteiger partial charge is 0.466 e. The Labute approximate surface area is 494 Å². The zero-order valence-electron chi connectivity index (χ0n) is 53.6. The summed E-state index contributed by atoms with van der Waals surface area (Å²) < 4.78 is 5.50. The van der Waals surface area contributed by atoms with Crippen LogP contribution in [0.1, 0.15) is 406 Å². The second kappa shape index (κ2) is 68.8. The van der Waals surface area contributed by atoms with Gasteiger partial charge in [0.25, 0.3) is 0 Å². The van der Waals surface area contributed by atoms with E-state index in [-0.39, 0.29) is 18.5 Å². The summed E-state index contributed by atoms with van der Waals surface area (Å²) in [4.78, 5) is 24.5. The Morgan fingerprint density at radius 2 is 0.595 bits per heavy atom. The Bertz CT molecular complexity index is 1230. The van der Waals surface area contributed by atoms with Crippen LogP contribution in [0.15, 0.2) is 24.3 Å². The molecule has 0 fully saturated rings. The summed E-state index contributed by atoms with van der Waals surface area (Å²) in [7, 11) is 0. The molecular formula is C73H141NO5. The Morgan fingerprint density at radius 3 is 0.899 bits per heavy atom. The molecule has 0 rings (SSSR count). The third kappa shape index (κ3) is 65.4. The van der Waals surface area contributed by atoms with Crippen LogP contribution in [-0.4, -0.2) is 47.4 Å². The average molecular weight is 1110 g/mol. The third-order valence-electron chi connectivity index (χ3n) is 17.0. The molecule has 0 aromatic rings. The lowest BCUT2D eigenvalue weighted by molar-refractivity contribution is -0.143. The van der Waals surface area contributed by atoms with Gasteiger partial charge in [0.05, 0.1) is 25.4 Å². The number of carbonyl (C=O) groups is 2. The van der Waals surface area contributed by atoms with Gasteiger partial charge in [0.1, 0.15) is 0 Å². The number of amides is 1. The number of nitrogens with one attached hydrogen (secondary N) is 1. The topological polar surface area (TPSA) is 95.9 Å². The maximum absolute atomic E-state index is 12.5. The zero-order chi connectivity index (χ0) is 57.1. The molecule has 0 radical (unpaired) electrons. The molecule has 0 bridgehead atoms. The molecule has 6 heteroatoms. The van der Waals surface area contributed by atoms with E-state index in [9.17, 15) is 19.8 Å². The monoisotopic (exact) mass is 1110 g/mol. The summed E-state index contributed by atoms with van der Waals surface area (Å²) in [5, 5.41) is 23.1. The summed E-state index contributed by atoms with van der Waals surface area (Å²) in [5.74, 6) is -0.0398. The van der Waals surface area contributed by atoms with Crippen molar-refractivity contribution in [2.75, 3.05) is 13.2 Å². The van der Waals surface area contributed by atoms with Crippen LogP contribution in [0.2, 0.25) is 0 Å². The van der Waals surface area contributed by atoms with Crippen molar-refractivity contribution in [3.8, 4) is 0 Å². The number of ether oxygens (including phenoxy) is 1. The molecular weight excluding hydrogens is 971 g/mol. The predicted molar refractivity (Wildman–Crippen MR) is 347 cm³/mol. The van der Waals surface area contributed by atoms with Crippen LogP contribution in [0.3, 0.4) is 0 Å². The highest BCUT2D eigenvalue weighted by molar-refractivity contribution is 5.76. The summed E-state index contributed by atoms with van der Waals surface area (Å²) >= 11 is 0. The Kier molecular flexibility index (Phi) is 67.4. The Balaban J connectivity index is 3.32. The number of hydrogen-bond donors (Lipinski definition) is 3. The van der Waals surface area contributed by atoms with Gasteiger partial charge < -0.3 is 20.3 Å². The van der Waals surface area contributed by atoms with Crippen molar-refractivity contribution in [2.45, 2.75) is 418 Å². The predicted octanol–water partition coefficient (Wildman–Crippen LogP) is 23.3. The number of rotatable bonds is 68. The first-order valence-corrected chi connectivity index (χ1v) is 36.1. The van der Waals surface area contributed by atoms with Gasteiger partial charge >= 0.3 is 5.97 Å². The zero-order valence-corrected chi connectivity index (χ0v) is 53.6. The van der Waals surface area contributed by atoms with Crippen molar-refractivity contribution in [3.63, 3.8) is 0 Å². The summed E-state index contributed by atoms with van der Waals surface area (Å²) in [6, 6.07) is -0.624. The van der Waals surface area contributed by atoms with E-state index in [1.54, 1.807) is 6.08 Å². The standard InChI is InChI=1S/C73H141NO5/c1-3-5-7-9-11-13-15-17-39-43-47-51-55-59-63-67-73(78)79-68-64-60-56-52-48-44-41-38-36-34-32-30-28-26-24-22-20-18-19-21-23-25-27-29-31-33-35-37-40-42-46-50-54-58-62-66-72(77)74-70(69-75)71(76)65-61-57-53-49-45-16-14-12-10-8-6-4-2/h20,22,61,65,70-71,75-76H,3-19,21,23-60,62-64,66-69H2,1-2H3,(H,74,77)/b22-20-,65-61+. The van der Waals surface area contributed by atoms with Crippen LogP contribution in [0, 0.1) is 0 Å². The number of carbonyl (C=O) groups excluding carboxylic acids is 2. The molecule has 0 aliphatic heterocycles. The van der Waals surface area contributed by atoms with Crippen LogP contribution in [0.25, 0.3) is 0 Å². The minimum atomic E-state index is -0.840. The minimum absolute atomic E-state index is 0.0235. The fourth-order valence-electron chi connectivity index (χ4n) is 11.5. The normalized spacial score (nSPS) is 12.6. The van der Waals surface area contributed by atoms with Crippen LogP contribution in [0.4, 0.5) is 0 Å². The Hall–Kier alpha value is -1.66. The van der Waals surface area contributed by atoms with Gasteiger partial charge in [-0.1, -0.05) is 359 Å². The summed E-state index contributed by atoms with van der Waals surface area (Å²) in [5.41, 5.74) is 0. The lowest BCUT2D eigenvalue weighted by Crippen LogP contribution is -2.45. The van der Waals surface area contributed by atoms with Gasteiger partial charge in [0.2, 0.25) is 5.91 Å². The van der Waals surface area contributed by atoms with Gasteiger partial charge in [-0.05, 0) is 57.8 Å². The molecule has 2 unspecified atom stereocenters. The molecule has 0 saturated heterocycles. The highest BCUT2D eigenvalue weighted by Gasteiger charge is 2.18. The van der Waals surface area contributed by atoms with Crippen molar-refractivity contribution >= 4 is 11.9 Å². The average Bonchev–Trinajstić information content (AvgIpc) is 3.45. The molecule has 0 heterocycles. The molecule has 6 nitrogen and oxygen atoms in total. The maximum Gasteiger partial charge on any atom is 0.305 e. The van der Waals surface area contributed by atoms with Crippen molar-refractivity contribution in [1.82, 2.24) is 5.32 Å². The molecule has 468 valence electrons. The number of allylic oxidation sites excluding steroid dienone is 3. The first-order valence-electron chi connectivity index (χ1n) is 36.1. The fraction of sp³-hybridized carbons (Fsp3) is 0.918. The van der Waals surface area contributed by atoms with E-state index in [1.807, 2.05) is 6.08 Å². The first-order chi connectivity index (χ1) is 39.0. The highest BCUT2D eigenvalue weighted by Crippen LogP contribution is 2.19. The molecule has 79 heavy (non-hydrogen) atoms. The van der Waals surface area contributed by atoms with Gasteiger partial charge in [0.15, 0.2) is 0 Å². The molecule has 0 aromatic carbocycles. The molecule has 0 saturated carbocycles. The SMILES string of the molecule is CCCCCCCCCCCC/C=C/C(O)C(CO)NC(=O)CCCCCCCCCCCCCCCCCCC/C=C\CCCCCCCCCCCCCCCCOC(=O)CCCCCCCCCCCCCCCCC. The van der Waals surface area contributed by atoms with Crippen LogP contribution < -0.4 is 5.32 Å². The number of esters is 1. The molecule has 1 amide bonds. The van der Waals surface area contributed by atoms with Crippen LogP contribution >= 0.6 is 0 Å². The van der Waals surface area contributed by atoms with Crippen molar-refractivity contribution in [1.29, 1.82) is 0 Å². The number of unbranched alkanes of at least 4 members (excludes halogenated alkanes) is 55. The molecule has 0 aliphatic rings. The second-order valence-corrected chi connectivity index (χ2v) is 24.9. The lowest BCUT2D eigenvalue weighted by atomic mass is 10.0.